The summed E-state index contributed by atoms with van der Waals surface area (Å²) in [6, 6.07) is 8.57. The molecule has 0 spiro atoms. The molecule has 10 heteroatoms. The van der Waals surface area contributed by atoms with Crippen LogP contribution in [0.4, 0.5) is 5.69 Å². The minimum absolute atomic E-state index is 0.0530. The van der Waals surface area contributed by atoms with E-state index in [4.69, 9.17) is 32.7 Å². The van der Waals surface area contributed by atoms with Gasteiger partial charge in [-0.15, -0.1) is 0 Å². The highest BCUT2D eigenvalue weighted by Crippen LogP contribution is 2.25. The van der Waals surface area contributed by atoms with Gasteiger partial charge in [-0.25, -0.2) is 4.79 Å². The number of carbonyl (C=O) groups excluding carboxylic acids is 4. The van der Waals surface area contributed by atoms with E-state index in [-0.39, 0.29) is 23.2 Å². The Morgan fingerprint density at radius 3 is 2.35 bits per heavy atom. The first-order valence-electron chi connectivity index (χ1n) is 9.22. The molecule has 0 radical (unpaired) electrons. The van der Waals surface area contributed by atoms with Crippen LogP contribution >= 0.6 is 23.2 Å². The second kappa shape index (κ2) is 9.91. The van der Waals surface area contributed by atoms with Crippen molar-refractivity contribution in [3.63, 3.8) is 0 Å². The lowest BCUT2D eigenvalue weighted by atomic mass is 10.1. The monoisotopic (exact) mass is 464 g/mol. The number of methoxy groups -OCH3 is 1. The Hall–Kier alpha value is -2.94. The summed E-state index contributed by atoms with van der Waals surface area (Å²) < 4.78 is 9.95. The van der Waals surface area contributed by atoms with E-state index in [9.17, 15) is 19.2 Å². The number of benzene rings is 2. The van der Waals surface area contributed by atoms with Crippen LogP contribution in [0.2, 0.25) is 10.0 Å². The number of anilines is 1. The van der Waals surface area contributed by atoms with Gasteiger partial charge in [-0.05, 0) is 42.8 Å². The van der Waals surface area contributed by atoms with E-state index < -0.39 is 30.3 Å². The van der Waals surface area contributed by atoms with Gasteiger partial charge in [0, 0.05) is 36.0 Å². The molecule has 0 atom stereocenters. The molecule has 0 saturated carbocycles. The summed E-state index contributed by atoms with van der Waals surface area (Å²) in [7, 11) is 1.53. The van der Waals surface area contributed by atoms with E-state index in [0.29, 0.717) is 28.8 Å². The van der Waals surface area contributed by atoms with E-state index in [1.165, 1.54) is 43.5 Å². The van der Waals surface area contributed by atoms with Crippen molar-refractivity contribution >= 4 is 52.6 Å². The number of carbonyl (C=O) groups is 4. The Labute approximate surface area is 188 Å². The molecular formula is C21H18Cl2N2O6. The Kier molecular flexibility index (Phi) is 7.27. The highest BCUT2D eigenvalue weighted by Gasteiger charge is 2.35. The summed E-state index contributed by atoms with van der Waals surface area (Å²) in [5.41, 5.74) is 0.746. The third-order valence-corrected chi connectivity index (χ3v) is 4.85. The number of imide groups is 1. The van der Waals surface area contributed by atoms with Gasteiger partial charge < -0.3 is 14.8 Å². The number of hydrogen-bond donors (Lipinski definition) is 1. The van der Waals surface area contributed by atoms with Gasteiger partial charge >= 0.3 is 5.97 Å². The van der Waals surface area contributed by atoms with Crippen LogP contribution in [0.15, 0.2) is 36.4 Å². The Morgan fingerprint density at radius 2 is 1.68 bits per heavy atom. The van der Waals surface area contributed by atoms with Gasteiger partial charge in [0.05, 0.1) is 16.7 Å². The fraction of sp³-hybridized carbons (Fsp3) is 0.238. The summed E-state index contributed by atoms with van der Waals surface area (Å²) in [5, 5.41) is 3.20. The van der Waals surface area contributed by atoms with Gasteiger partial charge in [0.25, 0.3) is 17.7 Å². The Morgan fingerprint density at radius 1 is 1.00 bits per heavy atom. The summed E-state index contributed by atoms with van der Waals surface area (Å²) in [4.78, 5) is 50.4. The topological polar surface area (TPSA) is 102 Å². The highest BCUT2D eigenvalue weighted by atomic mass is 35.5. The van der Waals surface area contributed by atoms with Crippen LogP contribution in [-0.4, -0.2) is 55.5 Å². The molecule has 0 unspecified atom stereocenters. The number of esters is 1. The summed E-state index contributed by atoms with van der Waals surface area (Å²) in [5.74, 6) is -2.31. The number of ether oxygens (including phenoxy) is 2. The lowest BCUT2D eigenvalue weighted by Crippen LogP contribution is -2.31. The van der Waals surface area contributed by atoms with Crippen LogP contribution < -0.4 is 5.32 Å². The zero-order valence-electron chi connectivity index (χ0n) is 16.4. The first kappa shape index (κ1) is 22.7. The van der Waals surface area contributed by atoms with Crippen molar-refractivity contribution in [3.8, 4) is 0 Å². The first-order valence-corrected chi connectivity index (χ1v) is 9.98. The number of halogens is 2. The quantitative estimate of drug-likeness (QED) is 0.364. The lowest BCUT2D eigenvalue weighted by Gasteiger charge is -2.12. The maximum atomic E-state index is 12.5. The summed E-state index contributed by atoms with van der Waals surface area (Å²) >= 11 is 11.7. The maximum absolute atomic E-state index is 12.5. The number of rotatable bonds is 8. The Bertz CT molecular complexity index is 1040. The largest absolute Gasteiger partial charge is 0.452 e. The standard InChI is InChI=1S/C21H18Cl2N2O6/c1-30-6-2-5-25-19(27)16-4-3-12(7-17(16)20(25)28)21(29)31-11-18(26)24-15-9-13(22)8-14(23)10-15/h3-4,7-10H,2,5-6,11H2,1H3,(H,24,26). The molecule has 162 valence electrons. The average Bonchev–Trinajstić information content (AvgIpc) is 2.95. The van der Waals surface area contributed by atoms with E-state index in [0.717, 1.165) is 4.90 Å². The van der Waals surface area contributed by atoms with Crippen molar-refractivity contribution in [2.24, 2.45) is 0 Å². The van der Waals surface area contributed by atoms with Gasteiger partial charge in [0.1, 0.15) is 0 Å². The highest BCUT2D eigenvalue weighted by molar-refractivity contribution is 6.35. The molecule has 0 aliphatic carbocycles. The van der Waals surface area contributed by atoms with Crippen LogP contribution in [0, 0.1) is 0 Å². The minimum Gasteiger partial charge on any atom is -0.452 e. The molecule has 0 aromatic heterocycles. The molecule has 1 N–H and O–H groups in total. The van der Waals surface area contributed by atoms with Crippen molar-refractivity contribution < 1.29 is 28.7 Å². The lowest BCUT2D eigenvalue weighted by molar-refractivity contribution is -0.119. The molecule has 31 heavy (non-hydrogen) atoms. The van der Waals surface area contributed by atoms with E-state index in [1.807, 2.05) is 0 Å². The molecule has 0 fully saturated rings. The van der Waals surface area contributed by atoms with Crippen LogP contribution in [0.3, 0.4) is 0 Å². The van der Waals surface area contributed by atoms with Crippen molar-refractivity contribution in [1.82, 2.24) is 4.90 Å². The fourth-order valence-corrected chi connectivity index (χ4v) is 3.55. The van der Waals surface area contributed by atoms with Crippen molar-refractivity contribution in [2.75, 3.05) is 32.2 Å². The molecular weight excluding hydrogens is 447 g/mol. The minimum atomic E-state index is -0.805. The van der Waals surface area contributed by atoms with Gasteiger partial charge in [-0.1, -0.05) is 23.2 Å². The van der Waals surface area contributed by atoms with Crippen LogP contribution in [0.5, 0.6) is 0 Å². The molecule has 0 bridgehead atoms. The van der Waals surface area contributed by atoms with Crippen molar-refractivity contribution in [3.05, 3.63) is 63.1 Å². The third kappa shape index (κ3) is 5.41. The van der Waals surface area contributed by atoms with E-state index >= 15 is 0 Å². The smallest absolute Gasteiger partial charge is 0.338 e. The predicted molar refractivity (Wildman–Crippen MR) is 114 cm³/mol. The van der Waals surface area contributed by atoms with Gasteiger partial charge in [-0.2, -0.15) is 0 Å². The van der Waals surface area contributed by atoms with Gasteiger partial charge in [0.15, 0.2) is 6.61 Å². The number of nitrogens with one attached hydrogen (secondary N) is 1. The molecule has 1 aliphatic rings. The molecule has 2 aromatic carbocycles. The molecule has 3 amide bonds. The molecule has 2 aromatic rings. The molecule has 3 rings (SSSR count). The van der Waals surface area contributed by atoms with Crippen molar-refractivity contribution in [2.45, 2.75) is 6.42 Å². The molecule has 1 heterocycles. The van der Waals surface area contributed by atoms with Gasteiger partial charge in [0.2, 0.25) is 0 Å². The normalized spacial score (nSPS) is 12.7. The van der Waals surface area contributed by atoms with Crippen LogP contribution in [0.1, 0.15) is 37.5 Å². The zero-order valence-corrected chi connectivity index (χ0v) is 18.0. The second-order valence-electron chi connectivity index (χ2n) is 6.65. The van der Waals surface area contributed by atoms with Crippen molar-refractivity contribution in [1.29, 1.82) is 0 Å². The SMILES string of the molecule is COCCCN1C(=O)c2ccc(C(=O)OCC(=O)Nc3cc(Cl)cc(Cl)c3)cc2C1=O. The van der Waals surface area contributed by atoms with Gasteiger partial charge in [-0.3, -0.25) is 19.3 Å². The first-order chi connectivity index (χ1) is 14.8. The molecule has 0 saturated heterocycles. The third-order valence-electron chi connectivity index (χ3n) is 4.42. The number of amides is 3. The summed E-state index contributed by atoms with van der Waals surface area (Å²) in [6.45, 7) is 0.0676. The zero-order chi connectivity index (χ0) is 22.5. The van der Waals surface area contributed by atoms with E-state index in [1.54, 1.807) is 0 Å². The van der Waals surface area contributed by atoms with E-state index in [2.05, 4.69) is 5.32 Å². The number of nitrogens with zero attached hydrogens (tertiary/aromatic N) is 1. The fourth-order valence-electron chi connectivity index (χ4n) is 3.03. The maximum Gasteiger partial charge on any atom is 0.338 e. The molecule has 1 aliphatic heterocycles. The average molecular weight is 465 g/mol. The summed E-state index contributed by atoms with van der Waals surface area (Å²) in [6.07, 6.45) is 0.504. The van der Waals surface area contributed by atoms with Crippen LogP contribution in [-0.2, 0) is 14.3 Å². The molecule has 8 nitrogen and oxygen atoms in total. The van der Waals surface area contributed by atoms with Crippen LogP contribution in [0.25, 0.3) is 0 Å². The Balaban J connectivity index is 1.61. The second-order valence-corrected chi connectivity index (χ2v) is 7.52. The number of hydrogen-bond acceptors (Lipinski definition) is 6. The number of fused-ring (bicyclic) bond motifs is 1. The predicted octanol–water partition coefficient (Wildman–Crippen LogP) is 3.42.